The third-order valence-electron chi connectivity index (χ3n) is 4.59. The number of fused-ring (bicyclic) bond motifs is 3. The molecule has 1 heterocycles. The summed E-state index contributed by atoms with van der Waals surface area (Å²) in [6.07, 6.45) is 0.641. The van der Waals surface area contributed by atoms with Crippen molar-refractivity contribution in [2.75, 3.05) is 0 Å². The minimum Gasteiger partial charge on any atom is -0.443 e. The summed E-state index contributed by atoms with van der Waals surface area (Å²) in [5.41, 5.74) is 6.08. The van der Waals surface area contributed by atoms with Gasteiger partial charge in [0.25, 0.3) is 0 Å². The molecule has 1 aliphatic carbocycles. The summed E-state index contributed by atoms with van der Waals surface area (Å²) in [4.78, 5) is 26.4. The van der Waals surface area contributed by atoms with Crippen LogP contribution in [-0.2, 0) is 16.0 Å². The van der Waals surface area contributed by atoms with E-state index in [1.54, 1.807) is 0 Å². The second-order valence-electron chi connectivity index (χ2n) is 9.23. The molecule has 2 atom stereocenters. The lowest BCUT2D eigenvalue weighted by Crippen LogP contribution is -2.39. The Morgan fingerprint density at radius 1 is 1.23 bits per heavy atom. The summed E-state index contributed by atoms with van der Waals surface area (Å²) in [6.45, 7) is 12.1. The molecule has 1 fully saturated rings. The van der Waals surface area contributed by atoms with Crippen LogP contribution in [0.5, 0.6) is 0 Å². The number of carbonyl (C=O) groups excluding carboxylic acids is 2. The van der Waals surface area contributed by atoms with Crippen LogP contribution in [0.15, 0.2) is 18.2 Å². The van der Waals surface area contributed by atoms with E-state index in [-0.39, 0.29) is 17.9 Å². The maximum absolute atomic E-state index is 12.6. The highest BCUT2D eigenvalue weighted by molar-refractivity contribution is 6.83. The van der Waals surface area contributed by atoms with Crippen LogP contribution < -0.4 is 0 Å². The van der Waals surface area contributed by atoms with Gasteiger partial charge in [-0.2, -0.15) is 0 Å². The van der Waals surface area contributed by atoms with E-state index >= 15 is 0 Å². The Bertz CT molecular complexity index is 820. The van der Waals surface area contributed by atoms with E-state index in [9.17, 15) is 9.59 Å². The first kappa shape index (κ1) is 18.7. The molecule has 26 heavy (non-hydrogen) atoms. The number of nitrogens with zero attached hydrogens (tertiary/aromatic N) is 1. The van der Waals surface area contributed by atoms with Crippen molar-refractivity contribution in [1.82, 2.24) is 4.90 Å². The Morgan fingerprint density at radius 3 is 2.54 bits per heavy atom. The summed E-state index contributed by atoms with van der Waals surface area (Å²) in [5.74, 6) is 3.34. The molecule has 138 valence electrons. The molecule has 0 saturated carbocycles. The lowest BCUT2D eigenvalue weighted by molar-refractivity contribution is -0.128. The lowest BCUT2D eigenvalue weighted by Gasteiger charge is -2.27. The maximum Gasteiger partial charge on any atom is 0.417 e. The van der Waals surface area contributed by atoms with Crippen molar-refractivity contribution < 1.29 is 14.3 Å². The molecule has 1 aromatic rings. The third-order valence-corrected chi connectivity index (χ3v) is 5.46. The van der Waals surface area contributed by atoms with E-state index in [2.05, 4.69) is 31.1 Å². The number of likely N-dealkylation sites (tertiary alicyclic amines) is 1. The van der Waals surface area contributed by atoms with Gasteiger partial charge in [-0.25, -0.2) is 9.69 Å². The van der Waals surface area contributed by atoms with Crippen LogP contribution in [0.3, 0.4) is 0 Å². The first-order valence-corrected chi connectivity index (χ1v) is 12.7. The van der Waals surface area contributed by atoms with Gasteiger partial charge in [0.1, 0.15) is 13.7 Å². The van der Waals surface area contributed by atoms with Crippen LogP contribution >= 0.6 is 0 Å². The number of hydrogen-bond acceptors (Lipinski definition) is 3. The highest BCUT2D eigenvalue weighted by Crippen LogP contribution is 2.48. The van der Waals surface area contributed by atoms with Gasteiger partial charge < -0.3 is 4.74 Å². The van der Waals surface area contributed by atoms with E-state index < -0.39 is 19.8 Å². The first-order chi connectivity index (χ1) is 12.0. The minimum absolute atomic E-state index is 0.125. The lowest BCUT2D eigenvalue weighted by atomic mass is 10.0. The monoisotopic (exact) mass is 369 g/mol. The predicted molar refractivity (Wildman–Crippen MR) is 104 cm³/mol. The number of imide groups is 1. The van der Waals surface area contributed by atoms with Gasteiger partial charge in [-0.3, -0.25) is 4.79 Å². The van der Waals surface area contributed by atoms with Gasteiger partial charge in [-0.1, -0.05) is 37.7 Å². The Morgan fingerprint density at radius 2 is 1.92 bits per heavy atom. The largest absolute Gasteiger partial charge is 0.443 e. The summed E-state index contributed by atoms with van der Waals surface area (Å²) >= 11 is 0. The molecule has 3 rings (SSSR count). The number of amides is 2. The number of carbonyl (C=O) groups is 2. The Labute approximate surface area is 156 Å². The van der Waals surface area contributed by atoms with Crippen LogP contribution in [0.4, 0.5) is 4.79 Å². The molecule has 1 aromatic carbocycles. The number of benzene rings is 1. The van der Waals surface area contributed by atoms with Gasteiger partial charge in [-0.05, 0) is 50.3 Å². The topological polar surface area (TPSA) is 46.6 Å². The molecule has 2 aliphatic rings. The Balaban J connectivity index is 1.96. The molecule has 1 aliphatic heterocycles. The Hall–Kier alpha value is -2.06. The zero-order chi connectivity index (χ0) is 19.3. The highest BCUT2D eigenvalue weighted by Gasteiger charge is 2.50. The number of hydrogen-bond donors (Lipinski definition) is 0. The van der Waals surface area contributed by atoms with Crippen LogP contribution in [0, 0.1) is 17.4 Å². The fraction of sp³-hybridized carbons (Fsp3) is 0.524. The molecule has 2 unspecified atom stereocenters. The van der Waals surface area contributed by atoms with Crippen molar-refractivity contribution in [1.29, 1.82) is 0 Å². The van der Waals surface area contributed by atoms with Gasteiger partial charge in [0, 0.05) is 12.0 Å². The van der Waals surface area contributed by atoms with E-state index in [0.717, 1.165) is 17.5 Å². The first-order valence-electron chi connectivity index (χ1n) is 9.16. The molecular weight excluding hydrogens is 342 g/mol. The van der Waals surface area contributed by atoms with Gasteiger partial charge in [-0.15, -0.1) is 5.54 Å². The highest BCUT2D eigenvalue weighted by atomic mass is 28.3. The molecule has 0 bridgehead atoms. The van der Waals surface area contributed by atoms with Gasteiger partial charge in [0.2, 0.25) is 5.91 Å². The summed E-state index contributed by atoms with van der Waals surface area (Å²) in [6, 6.07) is 5.83. The SMILES string of the molecule is CC(C)(C)OC(=O)N1C(=O)CC2Cc3c(C#C[Si](C)(C)C)cccc3C21. The van der Waals surface area contributed by atoms with Crippen molar-refractivity contribution in [2.24, 2.45) is 5.92 Å². The molecule has 1 saturated heterocycles. The van der Waals surface area contributed by atoms with Crippen LogP contribution in [0.2, 0.25) is 19.6 Å². The predicted octanol–water partition coefficient (Wildman–Crippen LogP) is 4.30. The molecule has 4 nitrogen and oxygen atoms in total. The fourth-order valence-electron chi connectivity index (χ4n) is 3.65. The van der Waals surface area contributed by atoms with Gasteiger partial charge in [0.05, 0.1) is 6.04 Å². The summed E-state index contributed by atoms with van der Waals surface area (Å²) in [5, 5.41) is 0. The second kappa shape index (κ2) is 6.28. The molecule has 0 radical (unpaired) electrons. The van der Waals surface area contributed by atoms with E-state index in [1.165, 1.54) is 10.5 Å². The second-order valence-corrected chi connectivity index (χ2v) is 14.0. The van der Waals surface area contributed by atoms with Crippen molar-refractivity contribution in [3.05, 3.63) is 34.9 Å². The fourth-order valence-corrected chi connectivity index (χ4v) is 4.16. The molecule has 5 heteroatoms. The molecule has 0 N–H and O–H groups in total. The smallest absolute Gasteiger partial charge is 0.417 e. The Kier molecular flexibility index (Phi) is 4.52. The van der Waals surface area contributed by atoms with Crippen molar-refractivity contribution >= 4 is 20.1 Å². The van der Waals surface area contributed by atoms with Crippen LogP contribution in [-0.4, -0.2) is 30.6 Å². The summed E-state index contributed by atoms with van der Waals surface area (Å²) in [7, 11) is -1.47. The van der Waals surface area contributed by atoms with Gasteiger partial charge >= 0.3 is 6.09 Å². The molecule has 2 amide bonds. The summed E-state index contributed by atoms with van der Waals surface area (Å²) < 4.78 is 5.48. The molecule has 0 spiro atoms. The van der Waals surface area contributed by atoms with E-state index in [4.69, 9.17) is 4.74 Å². The van der Waals surface area contributed by atoms with Crippen molar-refractivity contribution in [3.8, 4) is 11.5 Å². The molecule has 0 aromatic heterocycles. The number of ether oxygens (including phenoxy) is 1. The normalized spacial score (nSPS) is 21.8. The quantitative estimate of drug-likeness (QED) is 0.506. The standard InChI is InChI=1S/C21H27NO3Si/c1-21(2,3)25-20(24)22-18(23)13-15-12-17-14(10-11-26(4,5)6)8-7-9-16(17)19(15)22/h7-9,15,19H,12-13H2,1-6H3. The average Bonchev–Trinajstić information content (AvgIpc) is 2.97. The number of rotatable bonds is 0. The van der Waals surface area contributed by atoms with Crippen LogP contribution in [0.1, 0.15) is 49.9 Å². The van der Waals surface area contributed by atoms with Gasteiger partial charge in [0.15, 0.2) is 0 Å². The van der Waals surface area contributed by atoms with Crippen molar-refractivity contribution in [2.45, 2.75) is 64.9 Å². The minimum atomic E-state index is -1.47. The zero-order valence-electron chi connectivity index (χ0n) is 16.5. The zero-order valence-corrected chi connectivity index (χ0v) is 17.5. The van der Waals surface area contributed by atoms with E-state index in [1.807, 2.05) is 39.0 Å². The average molecular weight is 370 g/mol. The third kappa shape index (κ3) is 3.71. The van der Waals surface area contributed by atoms with E-state index in [0.29, 0.717) is 6.42 Å². The maximum atomic E-state index is 12.6. The molecular formula is C21H27NO3Si. The van der Waals surface area contributed by atoms with Crippen LogP contribution in [0.25, 0.3) is 0 Å². The van der Waals surface area contributed by atoms with Crippen molar-refractivity contribution in [3.63, 3.8) is 0 Å².